The van der Waals surface area contributed by atoms with E-state index in [9.17, 15) is 8.42 Å². The molecule has 6 nitrogen and oxygen atoms in total. The smallest absolute Gasteiger partial charge is 0.337 e. The van der Waals surface area contributed by atoms with Gasteiger partial charge in [0.2, 0.25) is 0 Å². The average molecular weight is 295 g/mol. The molecule has 1 aliphatic heterocycles. The van der Waals surface area contributed by atoms with Gasteiger partial charge < -0.3 is 9.15 Å². The van der Waals surface area contributed by atoms with Crippen LogP contribution in [0.15, 0.2) is 47.1 Å². The van der Waals surface area contributed by atoms with Gasteiger partial charge in [-0.2, -0.15) is 13.1 Å². The van der Waals surface area contributed by atoms with Gasteiger partial charge in [-0.15, -0.1) is 0 Å². The molecule has 1 aromatic heterocycles. The van der Waals surface area contributed by atoms with Gasteiger partial charge in [0.1, 0.15) is 17.0 Å². The lowest BCUT2D eigenvalue weighted by Crippen LogP contribution is -2.41. The van der Waals surface area contributed by atoms with Gasteiger partial charge in [-0.1, -0.05) is 12.1 Å². The minimum atomic E-state index is -3.80. The van der Waals surface area contributed by atoms with Gasteiger partial charge in [0.25, 0.3) is 0 Å². The molecule has 1 unspecified atom stereocenters. The summed E-state index contributed by atoms with van der Waals surface area (Å²) in [5.41, 5.74) is -0.385. The number of rotatable bonds is 3. The zero-order chi connectivity index (χ0) is 14.2. The van der Waals surface area contributed by atoms with E-state index in [2.05, 4.69) is 4.72 Å². The van der Waals surface area contributed by atoms with Gasteiger partial charge >= 0.3 is 10.3 Å². The summed E-state index contributed by atoms with van der Waals surface area (Å²) in [6.45, 7) is -0.0734. The van der Waals surface area contributed by atoms with E-state index in [1.807, 2.05) is 0 Å². The van der Waals surface area contributed by atoms with Crippen LogP contribution in [0, 0.1) is 0 Å². The maximum atomic E-state index is 11.7. The standard InChI is InChI=1S/C13H13NO5S/c1-17-11-5-2-4-10(8-11)13(12-6-3-7-18-12)9-19-20(15,16)14-13/h2-8,14H,9H2,1H3. The number of hydrogen-bond donors (Lipinski definition) is 1. The van der Waals surface area contributed by atoms with Crippen LogP contribution in [0.2, 0.25) is 0 Å². The molecule has 20 heavy (non-hydrogen) atoms. The summed E-state index contributed by atoms with van der Waals surface area (Å²) >= 11 is 0. The minimum absolute atomic E-state index is 0.0734. The molecule has 0 saturated carbocycles. The molecule has 3 rings (SSSR count). The van der Waals surface area contributed by atoms with Crippen LogP contribution in [0.1, 0.15) is 11.3 Å². The summed E-state index contributed by atoms with van der Waals surface area (Å²) in [5.74, 6) is 1.09. The molecule has 1 atom stereocenters. The van der Waals surface area contributed by atoms with E-state index in [4.69, 9.17) is 13.3 Å². The first-order valence-electron chi connectivity index (χ1n) is 5.93. The van der Waals surface area contributed by atoms with E-state index in [0.717, 1.165) is 0 Å². The number of hydrogen-bond acceptors (Lipinski definition) is 5. The van der Waals surface area contributed by atoms with Gasteiger partial charge in [0.15, 0.2) is 0 Å². The summed E-state index contributed by atoms with van der Waals surface area (Å²) < 4.78 is 41.3. The van der Waals surface area contributed by atoms with Gasteiger partial charge in [-0.05, 0) is 29.8 Å². The van der Waals surface area contributed by atoms with Crippen molar-refractivity contribution in [2.75, 3.05) is 13.7 Å². The zero-order valence-corrected chi connectivity index (χ0v) is 11.5. The van der Waals surface area contributed by atoms with Crippen LogP contribution in [0.4, 0.5) is 0 Å². The van der Waals surface area contributed by atoms with Gasteiger partial charge in [-0.25, -0.2) is 0 Å². The third-order valence-electron chi connectivity index (χ3n) is 3.23. The number of methoxy groups -OCH3 is 1. The van der Waals surface area contributed by atoms with Crippen molar-refractivity contribution >= 4 is 10.3 Å². The highest BCUT2D eigenvalue weighted by Gasteiger charge is 2.48. The third kappa shape index (κ3) is 2.09. The molecule has 106 valence electrons. The lowest BCUT2D eigenvalue weighted by molar-refractivity contribution is 0.271. The van der Waals surface area contributed by atoms with Crippen LogP contribution in [0.25, 0.3) is 0 Å². The van der Waals surface area contributed by atoms with Crippen LogP contribution in [0.3, 0.4) is 0 Å². The van der Waals surface area contributed by atoms with Crippen LogP contribution in [0.5, 0.6) is 5.75 Å². The molecule has 1 N–H and O–H groups in total. The Morgan fingerprint density at radius 2 is 2.15 bits per heavy atom. The van der Waals surface area contributed by atoms with E-state index in [-0.39, 0.29) is 6.61 Å². The van der Waals surface area contributed by atoms with Crippen LogP contribution >= 0.6 is 0 Å². The molecular formula is C13H13NO5S. The number of benzene rings is 1. The van der Waals surface area contributed by atoms with E-state index in [1.54, 1.807) is 43.5 Å². The minimum Gasteiger partial charge on any atom is -0.497 e. The highest BCUT2D eigenvalue weighted by Crippen LogP contribution is 2.36. The Morgan fingerprint density at radius 1 is 1.30 bits per heavy atom. The topological polar surface area (TPSA) is 77.8 Å². The van der Waals surface area contributed by atoms with E-state index in [0.29, 0.717) is 17.1 Å². The van der Waals surface area contributed by atoms with E-state index >= 15 is 0 Å². The van der Waals surface area contributed by atoms with Crippen molar-refractivity contribution in [3.63, 3.8) is 0 Å². The fraction of sp³-hybridized carbons (Fsp3) is 0.231. The Hall–Kier alpha value is -1.83. The first kappa shape index (κ1) is 13.2. The Labute approximate surface area is 116 Å². The number of furan rings is 1. The Morgan fingerprint density at radius 3 is 2.75 bits per heavy atom. The van der Waals surface area contributed by atoms with Crippen LogP contribution in [-0.4, -0.2) is 22.1 Å². The molecule has 2 heterocycles. The summed E-state index contributed by atoms with van der Waals surface area (Å²) in [6, 6.07) is 10.5. The predicted octanol–water partition coefficient (Wildman–Crippen LogP) is 1.40. The Bertz CT molecular complexity index is 710. The zero-order valence-electron chi connectivity index (χ0n) is 10.7. The average Bonchev–Trinajstić information content (AvgIpc) is 3.07. The Kier molecular flexibility index (Phi) is 3.04. The van der Waals surface area contributed by atoms with Crippen molar-refractivity contribution in [3.8, 4) is 5.75 Å². The molecule has 0 aliphatic carbocycles. The summed E-state index contributed by atoms with van der Waals surface area (Å²) in [4.78, 5) is 0. The lowest BCUT2D eigenvalue weighted by atomic mass is 9.89. The van der Waals surface area contributed by atoms with Crippen molar-refractivity contribution in [1.29, 1.82) is 0 Å². The van der Waals surface area contributed by atoms with Gasteiger partial charge in [0.05, 0.1) is 20.0 Å². The van der Waals surface area contributed by atoms with Crippen LogP contribution < -0.4 is 9.46 Å². The molecule has 0 spiro atoms. The fourth-order valence-electron chi connectivity index (χ4n) is 2.25. The monoisotopic (exact) mass is 295 g/mol. The van der Waals surface area contributed by atoms with Crippen molar-refractivity contribution in [2.45, 2.75) is 5.54 Å². The van der Waals surface area contributed by atoms with Crippen molar-refractivity contribution in [2.24, 2.45) is 0 Å². The summed E-state index contributed by atoms with van der Waals surface area (Å²) in [7, 11) is -2.25. The van der Waals surface area contributed by atoms with Crippen molar-refractivity contribution < 1.29 is 21.8 Å². The highest BCUT2D eigenvalue weighted by atomic mass is 32.2. The lowest BCUT2D eigenvalue weighted by Gasteiger charge is -2.24. The molecule has 2 aromatic rings. The molecular weight excluding hydrogens is 282 g/mol. The maximum absolute atomic E-state index is 11.7. The second-order valence-corrected chi connectivity index (χ2v) is 5.78. The molecule has 1 aromatic carbocycles. The third-order valence-corrected chi connectivity index (χ3v) is 4.26. The van der Waals surface area contributed by atoms with E-state index < -0.39 is 15.8 Å². The molecule has 0 bridgehead atoms. The summed E-state index contributed by atoms with van der Waals surface area (Å²) in [5, 5.41) is 0. The normalized spacial score (nSPS) is 24.6. The number of nitrogens with one attached hydrogen (secondary N) is 1. The number of ether oxygens (including phenoxy) is 1. The first-order chi connectivity index (χ1) is 9.56. The van der Waals surface area contributed by atoms with Crippen LogP contribution in [-0.2, 0) is 20.0 Å². The predicted molar refractivity (Wildman–Crippen MR) is 70.5 cm³/mol. The molecule has 1 aliphatic rings. The largest absolute Gasteiger partial charge is 0.497 e. The Balaban J connectivity index is 2.16. The van der Waals surface area contributed by atoms with E-state index in [1.165, 1.54) is 6.26 Å². The second kappa shape index (κ2) is 4.62. The summed E-state index contributed by atoms with van der Waals surface area (Å²) in [6.07, 6.45) is 1.49. The first-order valence-corrected chi connectivity index (χ1v) is 7.33. The maximum Gasteiger partial charge on any atom is 0.337 e. The van der Waals surface area contributed by atoms with Gasteiger partial charge in [0, 0.05) is 0 Å². The van der Waals surface area contributed by atoms with Crippen molar-refractivity contribution in [1.82, 2.24) is 4.72 Å². The molecule has 0 radical (unpaired) electrons. The fourth-order valence-corrected chi connectivity index (χ4v) is 3.35. The van der Waals surface area contributed by atoms with Crippen molar-refractivity contribution in [3.05, 3.63) is 54.0 Å². The molecule has 1 fully saturated rings. The SMILES string of the molecule is COc1cccc(C2(c3ccco3)COS(=O)(=O)N2)c1. The second-order valence-electron chi connectivity index (χ2n) is 4.43. The molecule has 0 amide bonds. The highest BCUT2D eigenvalue weighted by molar-refractivity contribution is 7.85. The quantitative estimate of drug-likeness (QED) is 0.926. The molecule has 1 saturated heterocycles. The molecule has 7 heteroatoms. The van der Waals surface area contributed by atoms with Gasteiger partial charge in [-0.3, -0.25) is 4.18 Å².